The molecule has 5 aromatic rings. The zero-order valence-corrected chi connectivity index (χ0v) is 14.0. The Balaban J connectivity index is 2.24. The molecule has 5 nitrogen and oxygen atoms in total. The highest BCUT2D eigenvalue weighted by atomic mass is 16.4. The minimum atomic E-state index is -1.20. The molecule has 5 aromatic carbocycles. The number of nitrogen functional groups attached to an aromatic ring is 1. The molecule has 0 bridgehead atoms. The Morgan fingerprint density at radius 1 is 0.667 bits per heavy atom. The van der Waals surface area contributed by atoms with Crippen molar-refractivity contribution in [2.24, 2.45) is 0 Å². The monoisotopic (exact) mass is 355 g/mol. The first-order chi connectivity index (χ1) is 13.0. The van der Waals surface area contributed by atoms with Gasteiger partial charge in [0, 0.05) is 21.8 Å². The Hall–Kier alpha value is -3.86. The van der Waals surface area contributed by atoms with E-state index in [0.717, 1.165) is 26.9 Å². The molecule has 27 heavy (non-hydrogen) atoms. The molecule has 0 amide bonds. The van der Waals surface area contributed by atoms with E-state index in [1.54, 1.807) is 6.07 Å². The lowest BCUT2D eigenvalue weighted by molar-refractivity contribution is 0.0695. The molecule has 0 aliphatic heterocycles. The van der Waals surface area contributed by atoms with E-state index in [4.69, 9.17) is 5.73 Å². The van der Waals surface area contributed by atoms with Crippen molar-refractivity contribution in [3.05, 3.63) is 65.7 Å². The molecule has 0 aromatic heterocycles. The summed E-state index contributed by atoms with van der Waals surface area (Å²) < 4.78 is 0. The summed E-state index contributed by atoms with van der Waals surface area (Å²) >= 11 is 0. The number of rotatable bonds is 2. The fraction of sp³-hybridized carbons (Fsp3) is 0. The largest absolute Gasteiger partial charge is 0.478 e. The number of anilines is 1. The molecule has 0 fully saturated rings. The molecular formula is C22H13NO4. The summed E-state index contributed by atoms with van der Waals surface area (Å²) in [4.78, 5) is 23.7. The van der Waals surface area contributed by atoms with Crippen molar-refractivity contribution in [3.8, 4) is 0 Å². The summed E-state index contributed by atoms with van der Waals surface area (Å²) in [6.07, 6.45) is 0. The molecule has 0 aliphatic carbocycles. The first-order valence-corrected chi connectivity index (χ1v) is 8.37. The second kappa shape index (κ2) is 5.08. The molecule has 0 unspecified atom stereocenters. The van der Waals surface area contributed by atoms with Crippen LogP contribution in [-0.2, 0) is 0 Å². The van der Waals surface area contributed by atoms with E-state index >= 15 is 0 Å². The van der Waals surface area contributed by atoms with Gasteiger partial charge in [0.1, 0.15) is 0 Å². The van der Waals surface area contributed by atoms with Gasteiger partial charge in [0.15, 0.2) is 0 Å². The van der Waals surface area contributed by atoms with E-state index in [1.165, 1.54) is 12.1 Å². The van der Waals surface area contributed by atoms with Crippen LogP contribution in [-0.4, -0.2) is 22.2 Å². The van der Waals surface area contributed by atoms with Crippen molar-refractivity contribution < 1.29 is 19.8 Å². The predicted molar refractivity (Wildman–Crippen MR) is 106 cm³/mol. The second-order valence-corrected chi connectivity index (χ2v) is 6.62. The Morgan fingerprint density at radius 2 is 1.30 bits per heavy atom. The lowest BCUT2D eigenvalue weighted by atomic mass is 9.86. The van der Waals surface area contributed by atoms with Crippen molar-refractivity contribution in [1.29, 1.82) is 0 Å². The van der Waals surface area contributed by atoms with Gasteiger partial charge in [0.2, 0.25) is 0 Å². The second-order valence-electron chi connectivity index (χ2n) is 6.62. The van der Waals surface area contributed by atoms with Crippen molar-refractivity contribution >= 4 is 60.7 Å². The number of fused-ring (bicyclic) bond motifs is 2. The van der Waals surface area contributed by atoms with Crippen LogP contribution >= 0.6 is 0 Å². The van der Waals surface area contributed by atoms with Gasteiger partial charge in [0.05, 0.1) is 11.1 Å². The van der Waals surface area contributed by atoms with Crippen LogP contribution < -0.4 is 5.73 Å². The fourth-order valence-electron chi connectivity index (χ4n) is 4.22. The van der Waals surface area contributed by atoms with Gasteiger partial charge in [-0.3, -0.25) is 0 Å². The maximum absolute atomic E-state index is 11.9. The Kier molecular flexibility index (Phi) is 2.90. The normalized spacial score (nSPS) is 11.7. The average molecular weight is 355 g/mol. The highest BCUT2D eigenvalue weighted by molar-refractivity contribution is 6.37. The van der Waals surface area contributed by atoms with E-state index < -0.39 is 11.9 Å². The molecule has 0 atom stereocenters. The molecule has 0 spiro atoms. The third-order valence-corrected chi connectivity index (χ3v) is 5.24. The molecular weight excluding hydrogens is 342 g/mol. The SMILES string of the molecule is Nc1cc(C(=O)O)c2c(C(=O)O)ccc3c4cccc5cccc(c1c23)c54. The fourth-order valence-corrected chi connectivity index (χ4v) is 4.22. The number of hydrogen-bond donors (Lipinski definition) is 3. The van der Waals surface area contributed by atoms with Crippen LogP contribution in [0.5, 0.6) is 0 Å². The van der Waals surface area contributed by atoms with Crippen LogP contribution in [0.1, 0.15) is 20.7 Å². The van der Waals surface area contributed by atoms with Crippen LogP contribution in [0.15, 0.2) is 54.6 Å². The smallest absolute Gasteiger partial charge is 0.336 e. The maximum Gasteiger partial charge on any atom is 0.336 e. The van der Waals surface area contributed by atoms with Gasteiger partial charge in [-0.25, -0.2) is 9.59 Å². The zero-order valence-electron chi connectivity index (χ0n) is 14.0. The molecule has 0 saturated heterocycles. The molecule has 4 N–H and O–H groups in total. The number of nitrogens with two attached hydrogens (primary N) is 1. The Morgan fingerprint density at radius 3 is 1.96 bits per heavy atom. The van der Waals surface area contributed by atoms with Crippen molar-refractivity contribution in [3.63, 3.8) is 0 Å². The molecule has 0 aliphatic rings. The Labute approximate surface area is 152 Å². The van der Waals surface area contributed by atoms with E-state index in [1.807, 2.05) is 36.4 Å². The van der Waals surface area contributed by atoms with Crippen molar-refractivity contribution in [2.75, 3.05) is 5.73 Å². The summed E-state index contributed by atoms with van der Waals surface area (Å²) in [7, 11) is 0. The number of benzene rings is 5. The van der Waals surface area contributed by atoms with E-state index in [0.29, 0.717) is 16.5 Å². The first-order valence-electron chi connectivity index (χ1n) is 8.37. The summed E-state index contributed by atoms with van der Waals surface area (Å²) in [5, 5.41) is 25.5. The number of hydrogen-bond acceptors (Lipinski definition) is 3. The molecule has 0 saturated carbocycles. The van der Waals surface area contributed by atoms with Gasteiger partial charge in [-0.15, -0.1) is 0 Å². The number of carbonyl (C=O) groups is 2. The number of carboxylic acid groups (broad SMARTS) is 2. The standard InChI is InChI=1S/C22H13NO4/c23-16-9-15(22(26)27)18-14(21(24)25)8-7-12-11-5-1-3-10-4-2-6-13(17(10)11)19(16)20(12)18/h1-9H,23H2,(H,24,25)(H,26,27). The highest BCUT2D eigenvalue weighted by Crippen LogP contribution is 2.44. The number of aromatic carboxylic acids is 2. The molecule has 5 heteroatoms. The van der Waals surface area contributed by atoms with Gasteiger partial charge >= 0.3 is 11.9 Å². The predicted octanol–water partition coefficient (Wildman–Crippen LogP) is 4.72. The molecule has 0 heterocycles. The quantitative estimate of drug-likeness (QED) is 0.242. The summed E-state index contributed by atoms with van der Waals surface area (Å²) in [6.45, 7) is 0. The van der Waals surface area contributed by atoms with Gasteiger partial charge in [0.25, 0.3) is 0 Å². The number of carboxylic acids is 2. The maximum atomic E-state index is 11.9. The van der Waals surface area contributed by atoms with Crippen molar-refractivity contribution in [1.82, 2.24) is 0 Å². The van der Waals surface area contributed by atoms with Gasteiger partial charge in [-0.05, 0) is 39.1 Å². The average Bonchev–Trinajstić information content (AvgIpc) is 2.65. The Bertz CT molecular complexity index is 1430. The summed E-state index contributed by atoms with van der Waals surface area (Å²) in [6, 6.07) is 16.4. The van der Waals surface area contributed by atoms with Crippen LogP contribution in [0.25, 0.3) is 43.1 Å². The van der Waals surface area contributed by atoms with Crippen LogP contribution in [0.3, 0.4) is 0 Å². The van der Waals surface area contributed by atoms with Crippen LogP contribution in [0, 0.1) is 0 Å². The topological polar surface area (TPSA) is 101 Å². The van der Waals surface area contributed by atoms with Crippen LogP contribution in [0.2, 0.25) is 0 Å². The minimum absolute atomic E-state index is 0.0426. The third-order valence-electron chi connectivity index (χ3n) is 5.24. The minimum Gasteiger partial charge on any atom is -0.478 e. The zero-order chi connectivity index (χ0) is 18.9. The lowest BCUT2D eigenvalue weighted by Gasteiger charge is -2.18. The highest BCUT2D eigenvalue weighted by Gasteiger charge is 2.23. The van der Waals surface area contributed by atoms with E-state index in [9.17, 15) is 19.8 Å². The first kappa shape index (κ1) is 15.4. The van der Waals surface area contributed by atoms with E-state index in [2.05, 4.69) is 0 Å². The van der Waals surface area contributed by atoms with E-state index in [-0.39, 0.29) is 16.5 Å². The van der Waals surface area contributed by atoms with Gasteiger partial charge in [-0.2, -0.15) is 0 Å². The van der Waals surface area contributed by atoms with Crippen molar-refractivity contribution in [2.45, 2.75) is 0 Å². The molecule has 130 valence electrons. The molecule has 5 rings (SSSR count). The molecule has 0 radical (unpaired) electrons. The third kappa shape index (κ3) is 1.88. The summed E-state index contributed by atoms with van der Waals surface area (Å²) in [5.74, 6) is -2.37. The van der Waals surface area contributed by atoms with Crippen LogP contribution in [0.4, 0.5) is 5.69 Å². The lowest BCUT2D eigenvalue weighted by Crippen LogP contribution is -2.06. The van der Waals surface area contributed by atoms with Gasteiger partial charge < -0.3 is 15.9 Å². The summed E-state index contributed by atoms with van der Waals surface area (Å²) in [5.41, 5.74) is 6.47. The van der Waals surface area contributed by atoms with Gasteiger partial charge in [-0.1, -0.05) is 42.5 Å².